The molecule has 0 N–H and O–H groups in total. The predicted molar refractivity (Wildman–Crippen MR) is 67.0 cm³/mol. The van der Waals surface area contributed by atoms with Crippen LogP contribution in [0.3, 0.4) is 0 Å². The third-order valence-corrected chi connectivity index (χ3v) is 2.96. The molecule has 2 rings (SSSR count). The predicted octanol–water partition coefficient (Wildman–Crippen LogP) is 3.17. The van der Waals surface area contributed by atoms with Crippen LogP contribution in [0.25, 0.3) is 10.9 Å². The lowest BCUT2D eigenvalue weighted by Crippen LogP contribution is -2.27. The maximum atomic E-state index is 12.4. The highest BCUT2D eigenvalue weighted by atomic mass is 127. The number of hydrogen-bond donors (Lipinski definition) is 0. The van der Waals surface area contributed by atoms with Gasteiger partial charge in [0, 0.05) is 9.64 Å². The smallest absolute Gasteiger partial charge is 0.299 e. The lowest BCUT2D eigenvalue weighted by Gasteiger charge is -2.12. The Morgan fingerprint density at radius 1 is 1.18 bits per heavy atom. The van der Waals surface area contributed by atoms with E-state index in [-0.39, 0.29) is 0 Å². The summed E-state index contributed by atoms with van der Waals surface area (Å²) in [6.45, 7) is -1.26. The van der Waals surface area contributed by atoms with E-state index in [0.29, 0.717) is 10.9 Å². The average Bonchev–Trinajstić information content (AvgIpc) is 2.21. The van der Waals surface area contributed by atoms with Gasteiger partial charge in [-0.15, -0.1) is 0 Å². The van der Waals surface area contributed by atoms with Crippen molar-refractivity contribution in [1.82, 2.24) is 4.57 Å². The molecule has 1 aromatic heterocycles. The van der Waals surface area contributed by atoms with Crippen LogP contribution in [0.5, 0.6) is 0 Å². The minimum atomic E-state index is -4.40. The van der Waals surface area contributed by atoms with Crippen molar-refractivity contribution in [1.29, 1.82) is 0 Å². The fraction of sp³-hybridized carbons (Fsp3) is 0.182. The number of aromatic nitrogens is 1. The van der Waals surface area contributed by atoms with E-state index in [1.54, 1.807) is 12.1 Å². The topological polar surface area (TPSA) is 22.0 Å². The van der Waals surface area contributed by atoms with Crippen LogP contribution in [-0.4, -0.2) is 10.7 Å². The van der Waals surface area contributed by atoms with Gasteiger partial charge in [-0.25, -0.2) is 0 Å². The minimum Gasteiger partial charge on any atom is -0.299 e. The molecule has 0 unspecified atom stereocenters. The Kier molecular flexibility index (Phi) is 3.15. The van der Waals surface area contributed by atoms with Crippen molar-refractivity contribution in [2.75, 3.05) is 0 Å². The second kappa shape index (κ2) is 4.32. The van der Waals surface area contributed by atoms with E-state index in [2.05, 4.69) is 22.6 Å². The molecule has 0 fully saturated rings. The first-order chi connectivity index (χ1) is 7.87. The van der Waals surface area contributed by atoms with Crippen LogP contribution in [0.2, 0.25) is 0 Å². The van der Waals surface area contributed by atoms with Crippen LogP contribution in [0.15, 0.2) is 35.1 Å². The zero-order chi connectivity index (χ0) is 12.6. The molecule has 0 aliphatic rings. The molecule has 0 aliphatic carbocycles. The third kappa shape index (κ3) is 2.80. The summed E-state index contributed by atoms with van der Waals surface area (Å²) in [6.07, 6.45) is -4.40. The van der Waals surface area contributed by atoms with E-state index in [9.17, 15) is 18.0 Å². The monoisotopic (exact) mass is 353 g/mol. The second-order valence-corrected chi connectivity index (χ2v) is 4.82. The first-order valence-corrected chi connectivity index (χ1v) is 5.80. The Balaban J connectivity index is 2.68. The van der Waals surface area contributed by atoms with Crippen molar-refractivity contribution < 1.29 is 13.2 Å². The van der Waals surface area contributed by atoms with Crippen molar-refractivity contribution >= 4 is 33.5 Å². The zero-order valence-electron chi connectivity index (χ0n) is 8.46. The molecule has 90 valence electrons. The van der Waals surface area contributed by atoms with E-state index in [0.717, 1.165) is 14.2 Å². The SMILES string of the molecule is O=c1ccc2cc(I)ccc2n1CC(F)(F)F. The molecule has 2 nitrogen and oxygen atoms in total. The highest BCUT2D eigenvalue weighted by molar-refractivity contribution is 14.1. The molecule has 1 heterocycles. The summed E-state index contributed by atoms with van der Waals surface area (Å²) in [7, 11) is 0. The van der Waals surface area contributed by atoms with Crippen molar-refractivity contribution in [3.63, 3.8) is 0 Å². The summed E-state index contributed by atoms with van der Waals surface area (Å²) in [4.78, 5) is 11.5. The molecule has 0 saturated carbocycles. The summed E-state index contributed by atoms with van der Waals surface area (Å²) in [5.74, 6) is 0. The van der Waals surface area contributed by atoms with Gasteiger partial charge in [-0.2, -0.15) is 13.2 Å². The van der Waals surface area contributed by atoms with Gasteiger partial charge in [-0.05, 0) is 52.2 Å². The average molecular weight is 353 g/mol. The van der Waals surface area contributed by atoms with E-state index < -0.39 is 18.3 Å². The Bertz CT molecular complexity index is 618. The minimum absolute atomic E-state index is 0.301. The maximum absolute atomic E-state index is 12.4. The fourth-order valence-corrected chi connectivity index (χ4v) is 2.13. The molecule has 17 heavy (non-hydrogen) atoms. The molecule has 0 radical (unpaired) electrons. The van der Waals surface area contributed by atoms with Gasteiger partial charge < -0.3 is 0 Å². The second-order valence-electron chi connectivity index (χ2n) is 3.58. The van der Waals surface area contributed by atoms with Crippen LogP contribution in [0.4, 0.5) is 13.2 Å². The van der Waals surface area contributed by atoms with Crippen LogP contribution >= 0.6 is 22.6 Å². The van der Waals surface area contributed by atoms with Gasteiger partial charge in [0.15, 0.2) is 0 Å². The van der Waals surface area contributed by atoms with Crippen LogP contribution in [0, 0.1) is 3.57 Å². The number of halogens is 4. The molecule has 0 saturated heterocycles. The molecule has 0 spiro atoms. The highest BCUT2D eigenvalue weighted by Crippen LogP contribution is 2.21. The normalized spacial score (nSPS) is 12.0. The van der Waals surface area contributed by atoms with Crippen LogP contribution in [-0.2, 0) is 6.54 Å². The van der Waals surface area contributed by atoms with Gasteiger partial charge in [-0.1, -0.05) is 0 Å². The number of alkyl halides is 3. The number of benzene rings is 1. The van der Waals surface area contributed by atoms with Crippen LogP contribution in [0.1, 0.15) is 0 Å². The molecular formula is C11H7F3INO. The van der Waals surface area contributed by atoms with Crippen molar-refractivity contribution in [3.8, 4) is 0 Å². The van der Waals surface area contributed by atoms with E-state index >= 15 is 0 Å². The molecule has 0 bridgehead atoms. The summed E-state index contributed by atoms with van der Waals surface area (Å²) < 4.78 is 38.8. The first kappa shape index (κ1) is 12.4. The summed E-state index contributed by atoms with van der Waals surface area (Å²) in [5, 5.41) is 0.626. The maximum Gasteiger partial charge on any atom is 0.406 e. The van der Waals surface area contributed by atoms with E-state index in [1.807, 2.05) is 0 Å². The highest BCUT2D eigenvalue weighted by Gasteiger charge is 2.29. The van der Waals surface area contributed by atoms with Crippen molar-refractivity contribution in [3.05, 3.63) is 44.3 Å². The largest absolute Gasteiger partial charge is 0.406 e. The molecule has 0 atom stereocenters. The lowest BCUT2D eigenvalue weighted by molar-refractivity contribution is -0.140. The standard InChI is InChI=1S/C11H7F3INO/c12-11(13,14)6-16-9-3-2-8(15)5-7(9)1-4-10(16)17/h1-5H,6H2. The van der Waals surface area contributed by atoms with E-state index in [1.165, 1.54) is 12.1 Å². The third-order valence-electron chi connectivity index (χ3n) is 2.29. The first-order valence-electron chi connectivity index (χ1n) is 4.73. The van der Waals surface area contributed by atoms with Crippen LogP contribution < -0.4 is 5.56 Å². The molecular weight excluding hydrogens is 346 g/mol. The van der Waals surface area contributed by atoms with Gasteiger partial charge >= 0.3 is 6.18 Å². The summed E-state index contributed by atoms with van der Waals surface area (Å²) in [6, 6.07) is 7.64. The number of rotatable bonds is 1. The van der Waals surface area contributed by atoms with Gasteiger partial charge in [0.05, 0.1) is 5.52 Å². The van der Waals surface area contributed by atoms with Gasteiger partial charge in [0.25, 0.3) is 5.56 Å². The Hall–Kier alpha value is -1.05. The van der Waals surface area contributed by atoms with Gasteiger partial charge in [0.1, 0.15) is 6.54 Å². The van der Waals surface area contributed by atoms with Crippen molar-refractivity contribution in [2.45, 2.75) is 12.7 Å². The molecule has 6 heteroatoms. The number of pyridine rings is 1. The zero-order valence-corrected chi connectivity index (χ0v) is 10.6. The summed E-state index contributed by atoms with van der Waals surface area (Å²) >= 11 is 2.07. The Morgan fingerprint density at radius 2 is 1.88 bits per heavy atom. The van der Waals surface area contributed by atoms with Gasteiger partial charge in [-0.3, -0.25) is 9.36 Å². The number of fused-ring (bicyclic) bond motifs is 1. The van der Waals surface area contributed by atoms with Crippen molar-refractivity contribution in [2.24, 2.45) is 0 Å². The Labute approximate surface area is 108 Å². The quantitative estimate of drug-likeness (QED) is 0.722. The molecule has 0 aliphatic heterocycles. The molecule has 0 amide bonds. The number of nitrogens with zero attached hydrogens (tertiary/aromatic N) is 1. The fourth-order valence-electron chi connectivity index (χ4n) is 1.62. The van der Waals surface area contributed by atoms with E-state index in [4.69, 9.17) is 0 Å². The molecule has 2 aromatic rings. The molecule has 1 aromatic carbocycles. The summed E-state index contributed by atoms with van der Waals surface area (Å²) in [5.41, 5.74) is -0.341. The lowest BCUT2D eigenvalue weighted by atomic mass is 10.2. The Morgan fingerprint density at radius 3 is 2.53 bits per heavy atom. The number of hydrogen-bond acceptors (Lipinski definition) is 1. The van der Waals surface area contributed by atoms with Gasteiger partial charge in [0.2, 0.25) is 0 Å².